The second kappa shape index (κ2) is 10.5. The summed E-state index contributed by atoms with van der Waals surface area (Å²) in [4.78, 5) is 0.293. The molecule has 0 heterocycles. The number of rotatable bonds is 7. The van der Waals surface area contributed by atoms with Crippen molar-refractivity contribution in [1.82, 2.24) is 0 Å². The van der Waals surface area contributed by atoms with Crippen LogP contribution >= 0.6 is 0 Å². The van der Waals surface area contributed by atoms with Crippen LogP contribution in [0.15, 0.2) is 46.2 Å². The normalized spacial score (nSPS) is 29.2. The number of hydrogen-bond acceptors (Lipinski definition) is 5. The van der Waals surface area contributed by atoms with Crippen LogP contribution in [0.1, 0.15) is 124 Å². The lowest BCUT2D eigenvalue weighted by atomic mass is 9.73. The lowest BCUT2D eigenvalue weighted by Gasteiger charge is -2.34. The van der Waals surface area contributed by atoms with Gasteiger partial charge in [-0.3, -0.25) is 4.55 Å². The monoisotopic (exact) mass is 648 g/mol. The molecular formula is C37H44O6S2. The largest absolute Gasteiger partial charge is 0.378 e. The first-order chi connectivity index (χ1) is 21.5. The van der Waals surface area contributed by atoms with E-state index in [4.69, 9.17) is 4.18 Å². The van der Waals surface area contributed by atoms with Gasteiger partial charge in [0.15, 0.2) is 0 Å². The van der Waals surface area contributed by atoms with E-state index in [0.717, 1.165) is 79.7 Å². The summed E-state index contributed by atoms with van der Waals surface area (Å²) >= 11 is 0. The molecule has 240 valence electrons. The van der Waals surface area contributed by atoms with Crippen molar-refractivity contribution in [2.75, 3.05) is 0 Å². The van der Waals surface area contributed by atoms with Gasteiger partial charge in [0.25, 0.3) is 10.1 Å². The fourth-order valence-electron chi connectivity index (χ4n) is 10.4. The Morgan fingerprint density at radius 2 is 1.62 bits per heavy atom. The zero-order valence-electron chi connectivity index (χ0n) is 26.3. The highest BCUT2D eigenvalue weighted by molar-refractivity contribution is 7.87. The summed E-state index contributed by atoms with van der Waals surface area (Å²) in [5.74, 6) is 2.03. The molecule has 4 saturated carbocycles. The predicted octanol–water partition coefficient (Wildman–Crippen LogP) is 8.59. The molecule has 4 fully saturated rings. The summed E-state index contributed by atoms with van der Waals surface area (Å²) in [6.07, 6.45) is 12.4. The van der Waals surface area contributed by atoms with Crippen LogP contribution in [0.5, 0.6) is 5.75 Å². The Balaban J connectivity index is 1.39. The van der Waals surface area contributed by atoms with Gasteiger partial charge in [-0.15, -0.1) is 0 Å². The molecule has 3 aromatic carbocycles. The van der Waals surface area contributed by atoms with E-state index in [1.54, 1.807) is 0 Å². The third-order valence-corrected chi connectivity index (χ3v) is 14.6. The molecule has 6 nitrogen and oxygen atoms in total. The minimum Gasteiger partial charge on any atom is -0.378 e. The van der Waals surface area contributed by atoms with Crippen molar-refractivity contribution in [1.29, 1.82) is 0 Å². The number of fused-ring (bicyclic) bond motifs is 6. The lowest BCUT2D eigenvalue weighted by Crippen LogP contribution is -2.28. The molecule has 0 amide bonds. The zero-order valence-corrected chi connectivity index (χ0v) is 28.0. The van der Waals surface area contributed by atoms with E-state index in [0.29, 0.717) is 52.2 Å². The molecule has 3 aromatic rings. The highest BCUT2D eigenvalue weighted by Gasteiger charge is 2.51. The van der Waals surface area contributed by atoms with Gasteiger partial charge in [-0.1, -0.05) is 44.5 Å². The van der Waals surface area contributed by atoms with Gasteiger partial charge in [-0.05, 0) is 152 Å². The lowest BCUT2D eigenvalue weighted by molar-refractivity contribution is 0.395. The Kier molecular flexibility index (Phi) is 7.02. The van der Waals surface area contributed by atoms with Crippen LogP contribution < -0.4 is 4.18 Å². The summed E-state index contributed by atoms with van der Waals surface area (Å²) in [6.45, 7) is 3.83. The van der Waals surface area contributed by atoms with Gasteiger partial charge in [-0.25, -0.2) is 0 Å². The maximum absolute atomic E-state index is 15.2. The molecule has 1 N–H and O–H groups in total. The van der Waals surface area contributed by atoms with E-state index < -0.39 is 20.2 Å². The topological polar surface area (TPSA) is 97.7 Å². The third kappa shape index (κ3) is 4.79. The third-order valence-electron chi connectivity index (χ3n) is 12.4. The van der Waals surface area contributed by atoms with Crippen molar-refractivity contribution in [3.05, 3.63) is 64.2 Å². The van der Waals surface area contributed by atoms with Crippen molar-refractivity contribution in [3.8, 4) is 5.75 Å². The Morgan fingerprint density at radius 1 is 0.889 bits per heavy atom. The first-order valence-corrected chi connectivity index (χ1v) is 20.0. The molecule has 0 aromatic heterocycles. The average Bonchev–Trinajstić information content (AvgIpc) is 3.82. The smallest absolute Gasteiger partial charge is 0.339 e. The van der Waals surface area contributed by atoms with Gasteiger partial charge >= 0.3 is 10.1 Å². The molecule has 8 rings (SSSR count). The second-order valence-corrected chi connectivity index (χ2v) is 18.1. The van der Waals surface area contributed by atoms with E-state index in [1.807, 2.05) is 19.9 Å². The Hall–Kier alpha value is -2.42. The maximum atomic E-state index is 15.2. The van der Waals surface area contributed by atoms with Crippen molar-refractivity contribution >= 4 is 31.0 Å². The molecule has 0 spiro atoms. The van der Waals surface area contributed by atoms with E-state index in [1.165, 1.54) is 18.9 Å². The molecule has 5 aliphatic rings. The second-order valence-electron chi connectivity index (χ2n) is 15.2. The Labute approximate surface area is 267 Å². The highest BCUT2D eigenvalue weighted by atomic mass is 32.2. The highest BCUT2D eigenvalue weighted by Crippen LogP contribution is 2.61. The molecule has 4 bridgehead atoms. The maximum Gasteiger partial charge on any atom is 0.339 e. The molecule has 5 aliphatic carbocycles. The van der Waals surface area contributed by atoms with Crippen LogP contribution in [-0.4, -0.2) is 21.4 Å². The van der Waals surface area contributed by atoms with Crippen LogP contribution in [0.2, 0.25) is 0 Å². The number of benzene rings is 3. The van der Waals surface area contributed by atoms with E-state index in [2.05, 4.69) is 24.3 Å². The molecule has 8 heteroatoms. The van der Waals surface area contributed by atoms with Gasteiger partial charge in [0.1, 0.15) is 10.6 Å². The molecule has 0 aliphatic heterocycles. The van der Waals surface area contributed by atoms with Crippen molar-refractivity contribution in [3.63, 3.8) is 0 Å². The summed E-state index contributed by atoms with van der Waals surface area (Å²) in [5, 5.41) is 2.15. The van der Waals surface area contributed by atoms with E-state index in [9.17, 15) is 13.0 Å². The minimum absolute atomic E-state index is 0.110. The van der Waals surface area contributed by atoms with Gasteiger partial charge < -0.3 is 4.18 Å². The van der Waals surface area contributed by atoms with Crippen LogP contribution in [-0.2, 0) is 38.5 Å². The summed E-state index contributed by atoms with van der Waals surface area (Å²) in [7, 11) is -8.83. The van der Waals surface area contributed by atoms with Gasteiger partial charge in [0, 0.05) is 11.1 Å². The van der Waals surface area contributed by atoms with Gasteiger partial charge in [-0.2, -0.15) is 16.8 Å². The van der Waals surface area contributed by atoms with Gasteiger partial charge in [0.2, 0.25) is 0 Å². The Morgan fingerprint density at radius 3 is 2.24 bits per heavy atom. The number of hydrogen-bond donors (Lipinski definition) is 1. The first-order valence-electron chi connectivity index (χ1n) is 17.1. The Bertz CT molecular complexity index is 1920. The summed E-state index contributed by atoms with van der Waals surface area (Å²) in [5.41, 5.74) is 3.36. The van der Waals surface area contributed by atoms with Crippen LogP contribution in [0, 0.1) is 17.8 Å². The van der Waals surface area contributed by atoms with Crippen LogP contribution in [0.3, 0.4) is 0 Å². The van der Waals surface area contributed by atoms with E-state index >= 15 is 8.42 Å². The zero-order chi connectivity index (χ0) is 31.3. The van der Waals surface area contributed by atoms with Crippen LogP contribution in [0.25, 0.3) is 10.8 Å². The quantitative estimate of drug-likeness (QED) is 0.204. The SMILES string of the molecule is CC(C)c1cc(S(=O)(=O)O)c2c(c1OS(=O)(=O)c1c(C3CC4CCC3C4)cc3ccccc3c1C13CCC(CC1)C3)CCCC2. The molecular weight excluding hydrogens is 605 g/mol. The molecule has 3 unspecified atom stereocenters. The van der Waals surface area contributed by atoms with Crippen molar-refractivity contribution in [2.45, 2.75) is 124 Å². The molecule has 45 heavy (non-hydrogen) atoms. The van der Waals surface area contributed by atoms with Crippen molar-refractivity contribution < 1.29 is 25.6 Å². The molecule has 0 radical (unpaired) electrons. The summed E-state index contributed by atoms with van der Waals surface area (Å²) < 4.78 is 72.2. The minimum atomic E-state index is -4.49. The fraction of sp³-hybridized carbons (Fsp3) is 0.568. The summed E-state index contributed by atoms with van der Waals surface area (Å²) in [6, 6.07) is 12.0. The van der Waals surface area contributed by atoms with E-state index in [-0.39, 0.29) is 27.9 Å². The molecule has 0 saturated heterocycles. The first kappa shape index (κ1) is 29.9. The standard InChI is InChI=1S/C37H44O6S2/c1-22(2)30-20-33(44(38,39)40)28-9-5-6-10-29(28)35(30)43-45(41,42)36-32(31-18-24-11-12-26(31)17-24)19-25-7-3-4-8-27(25)34(36)37-15-13-23(21-37)14-16-37/h3-4,7-8,19-20,22-24,26,31H,5-6,9-18,21H2,1-2H3,(H,38,39,40). The molecule has 3 atom stereocenters. The fourth-order valence-corrected chi connectivity index (χ4v) is 12.8. The van der Waals surface area contributed by atoms with Crippen LogP contribution in [0.4, 0.5) is 0 Å². The van der Waals surface area contributed by atoms with Crippen molar-refractivity contribution in [2.24, 2.45) is 17.8 Å². The predicted molar refractivity (Wildman–Crippen MR) is 175 cm³/mol. The average molecular weight is 649 g/mol. The van der Waals surface area contributed by atoms with Gasteiger partial charge in [0.05, 0.1) is 4.90 Å².